The first-order valence-corrected chi connectivity index (χ1v) is 9.92. The van der Waals surface area contributed by atoms with Gasteiger partial charge in [-0.25, -0.2) is 8.78 Å². The van der Waals surface area contributed by atoms with Crippen LogP contribution in [0.3, 0.4) is 0 Å². The van der Waals surface area contributed by atoms with E-state index in [0.29, 0.717) is 45.8 Å². The molecule has 152 valence electrons. The number of benzene rings is 2. The topological polar surface area (TPSA) is 32.8 Å². The smallest absolute Gasteiger partial charge is 0.224 e. The number of rotatable bonds is 5. The highest BCUT2D eigenvalue weighted by Gasteiger charge is 2.29. The molecule has 1 saturated heterocycles. The van der Waals surface area contributed by atoms with Crippen molar-refractivity contribution in [2.75, 3.05) is 39.4 Å². The SMILES string of the molecule is O=C(CCN1CC(c2cc(F)ccc2F)=CC1c1ccccc1)N1CCOCC1. The number of hydrogen-bond acceptors (Lipinski definition) is 3. The Morgan fingerprint density at radius 3 is 2.59 bits per heavy atom. The van der Waals surface area contributed by atoms with Crippen molar-refractivity contribution in [2.24, 2.45) is 0 Å². The number of amides is 1. The molecule has 2 aliphatic rings. The Labute approximate surface area is 169 Å². The minimum absolute atomic E-state index is 0.0774. The van der Waals surface area contributed by atoms with E-state index in [0.717, 1.165) is 23.3 Å². The van der Waals surface area contributed by atoms with Crippen molar-refractivity contribution in [1.82, 2.24) is 9.80 Å². The monoisotopic (exact) mass is 398 g/mol. The minimum Gasteiger partial charge on any atom is -0.378 e. The summed E-state index contributed by atoms with van der Waals surface area (Å²) >= 11 is 0. The standard InChI is InChI=1S/C23H24F2N2O2/c24-19-6-7-21(25)20(15-19)18-14-22(17-4-2-1-3-5-17)27(16-18)9-8-23(28)26-10-12-29-13-11-26/h1-7,14-15,22H,8-13,16H2. The molecule has 4 rings (SSSR count). The summed E-state index contributed by atoms with van der Waals surface area (Å²) in [5.74, 6) is -0.791. The van der Waals surface area contributed by atoms with Gasteiger partial charge in [0.15, 0.2) is 0 Å². The quantitative estimate of drug-likeness (QED) is 0.771. The van der Waals surface area contributed by atoms with Crippen molar-refractivity contribution in [2.45, 2.75) is 12.5 Å². The fraction of sp³-hybridized carbons (Fsp3) is 0.348. The number of carbonyl (C=O) groups excluding carboxylic acids is 1. The lowest BCUT2D eigenvalue weighted by molar-refractivity contribution is -0.135. The summed E-state index contributed by atoms with van der Waals surface area (Å²) in [4.78, 5) is 16.5. The van der Waals surface area contributed by atoms with Crippen LogP contribution in [0.4, 0.5) is 8.78 Å². The zero-order valence-electron chi connectivity index (χ0n) is 16.2. The van der Waals surface area contributed by atoms with Crippen LogP contribution in [0.2, 0.25) is 0 Å². The summed E-state index contributed by atoms with van der Waals surface area (Å²) in [7, 11) is 0. The Morgan fingerprint density at radius 1 is 1.07 bits per heavy atom. The highest BCUT2D eigenvalue weighted by atomic mass is 19.1. The molecule has 2 aromatic rings. The Hall–Kier alpha value is -2.57. The van der Waals surface area contributed by atoms with E-state index in [4.69, 9.17) is 4.74 Å². The van der Waals surface area contributed by atoms with E-state index in [1.54, 1.807) is 0 Å². The zero-order valence-corrected chi connectivity index (χ0v) is 16.2. The number of hydrogen-bond donors (Lipinski definition) is 0. The molecule has 0 N–H and O–H groups in total. The van der Waals surface area contributed by atoms with Crippen LogP contribution in [0.15, 0.2) is 54.6 Å². The van der Waals surface area contributed by atoms with E-state index in [-0.39, 0.29) is 17.5 Å². The van der Waals surface area contributed by atoms with Crippen LogP contribution in [0.5, 0.6) is 0 Å². The van der Waals surface area contributed by atoms with Crippen molar-refractivity contribution in [3.63, 3.8) is 0 Å². The molecule has 2 aromatic carbocycles. The Morgan fingerprint density at radius 2 is 1.83 bits per heavy atom. The van der Waals surface area contributed by atoms with E-state index < -0.39 is 11.6 Å². The highest BCUT2D eigenvalue weighted by molar-refractivity contribution is 5.77. The van der Waals surface area contributed by atoms with Gasteiger partial charge >= 0.3 is 0 Å². The van der Waals surface area contributed by atoms with Crippen molar-refractivity contribution in [1.29, 1.82) is 0 Å². The van der Waals surface area contributed by atoms with Gasteiger partial charge < -0.3 is 9.64 Å². The summed E-state index contributed by atoms with van der Waals surface area (Å²) in [5, 5.41) is 0. The summed E-state index contributed by atoms with van der Waals surface area (Å²) in [6, 6.07) is 13.3. The first kappa shape index (κ1) is 19.7. The first-order chi connectivity index (χ1) is 14.1. The molecule has 29 heavy (non-hydrogen) atoms. The third-order valence-electron chi connectivity index (χ3n) is 5.52. The van der Waals surface area contributed by atoms with E-state index in [1.807, 2.05) is 41.3 Å². The van der Waals surface area contributed by atoms with Gasteiger partial charge in [0.2, 0.25) is 5.91 Å². The molecule has 1 atom stereocenters. The van der Waals surface area contributed by atoms with Crippen LogP contribution >= 0.6 is 0 Å². The Balaban J connectivity index is 1.53. The summed E-state index contributed by atoms with van der Waals surface area (Å²) < 4.78 is 33.4. The molecule has 2 heterocycles. The van der Waals surface area contributed by atoms with Crippen LogP contribution in [0, 0.1) is 11.6 Å². The Bertz CT molecular complexity index is 895. The third-order valence-corrected chi connectivity index (χ3v) is 5.52. The van der Waals surface area contributed by atoms with E-state index >= 15 is 0 Å². The molecule has 0 spiro atoms. The lowest BCUT2D eigenvalue weighted by Gasteiger charge is -2.29. The third kappa shape index (κ3) is 4.54. The van der Waals surface area contributed by atoms with Crippen LogP contribution in [-0.2, 0) is 9.53 Å². The predicted octanol–water partition coefficient (Wildman–Crippen LogP) is 3.65. The molecule has 4 nitrogen and oxygen atoms in total. The van der Waals surface area contributed by atoms with Crippen molar-refractivity contribution >= 4 is 11.5 Å². The number of ether oxygens (including phenoxy) is 1. The summed E-state index contributed by atoms with van der Waals surface area (Å²) in [6.07, 6.45) is 2.36. The van der Waals surface area contributed by atoms with Gasteiger partial charge in [0, 0.05) is 38.2 Å². The maximum atomic E-state index is 14.3. The van der Waals surface area contributed by atoms with Crippen molar-refractivity contribution in [3.8, 4) is 0 Å². The van der Waals surface area contributed by atoms with Crippen LogP contribution < -0.4 is 0 Å². The molecular formula is C23H24F2N2O2. The maximum Gasteiger partial charge on any atom is 0.224 e. The van der Waals surface area contributed by atoms with Crippen molar-refractivity contribution < 1.29 is 18.3 Å². The second kappa shape index (κ2) is 8.84. The lowest BCUT2D eigenvalue weighted by Crippen LogP contribution is -2.42. The molecule has 0 aliphatic carbocycles. The summed E-state index contributed by atoms with van der Waals surface area (Å²) in [6.45, 7) is 3.42. The minimum atomic E-state index is -0.459. The number of morpholine rings is 1. The van der Waals surface area contributed by atoms with Crippen LogP contribution in [0.1, 0.15) is 23.6 Å². The van der Waals surface area contributed by atoms with Gasteiger partial charge in [0.05, 0.1) is 19.3 Å². The molecule has 2 aliphatic heterocycles. The molecule has 0 bridgehead atoms. The van der Waals surface area contributed by atoms with Gasteiger partial charge in [-0.05, 0) is 29.3 Å². The molecule has 0 radical (unpaired) electrons. The van der Waals surface area contributed by atoms with Gasteiger partial charge in [-0.2, -0.15) is 0 Å². The van der Waals surface area contributed by atoms with Crippen LogP contribution in [0.25, 0.3) is 5.57 Å². The summed E-state index contributed by atoms with van der Waals surface area (Å²) in [5.41, 5.74) is 2.10. The van der Waals surface area contributed by atoms with E-state index in [2.05, 4.69) is 4.90 Å². The Kier molecular flexibility index (Phi) is 6.02. The molecule has 6 heteroatoms. The van der Waals surface area contributed by atoms with Gasteiger partial charge in [0.1, 0.15) is 11.6 Å². The number of nitrogens with zero attached hydrogens (tertiary/aromatic N) is 2. The van der Waals surface area contributed by atoms with Gasteiger partial charge in [-0.1, -0.05) is 36.4 Å². The van der Waals surface area contributed by atoms with E-state index in [9.17, 15) is 13.6 Å². The van der Waals surface area contributed by atoms with E-state index in [1.165, 1.54) is 6.07 Å². The molecule has 0 aromatic heterocycles. The fourth-order valence-electron chi connectivity index (χ4n) is 3.97. The average molecular weight is 398 g/mol. The molecule has 1 fully saturated rings. The average Bonchev–Trinajstić information content (AvgIpc) is 3.19. The molecular weight excluding hydrogens is 374 g/mol. The number of carbonyl (C=O) groups is 1. The van der Waals surface area contributed by atoms with Crippen LogP contribution in [-0.4, -0.2) is 55.1 Å². The number of halogens is 2. The zero-order chi connectivity index (χ0) is 20.2. The largest absolute Gasteiger partial charge is 0.378 e. The molecule has 0 saturated carbocycles. The first-order valence-electron chi connectivity index (χ1n) is 9.92. The van der Waals surface area contributed by atoms with Crippen molar-refractivity contribution in [3.05, 3.63) is 77.4 Å². The fourth-order valence-corrected chi connectivity index (χ4v) is 3.97. The predicted molar refractivity (Wildman–Crippen MR) is 107 cm³/mol. The maximum absolute atomic E-state index is 14.3. The molecule has 1 unspecified atom stereocenters. The second-order valence-corrected chi connectivity index (χ2v) is 7.39. The lowest BCUT2D eigenvalue weighted by atomic mass is 10.0. The normalized spacial score (nSPS) is 20.0. The van der Waals surface area contributed by atoms with Gasteiger partial charge in [-0.15, -0.1) is 0 Å². The van der Waals surface area contributed by atoms with Gasteiger partial charge in [0.25, 0.3) is 0 Å². The highest BCUT2D eigenvalue weighted by Crippen LogP contribution is 2.35. The van der Waals surface area contributed by atoms with Gasteiger partial charge in [-0.3, -0.25) is 9.69 Å². The second-order valence-electron chi connectivity index (χ2n) is 7.39. The molecule has 1 amide bonds.